The first-order chi connectivity index (χ1) is 10.6. The smallest absolute Gasteiger partial charge is 0.254 e. The molecule has 1 heterocycles. The fourth-order valence-electron chi connectivity index (χ4n) is 1.93. The first kappa shape index (κ1) is 15.3. The summed E-state index contributed by atoms with van der Waals surface area (Å²) < 4.78 is 1.96. The molecule has 1 aromatic heterocycles. The Kier molecular flexibility index (Phi) is 4.94. The fourth-order valence-corrected chi connectivity index (χ4v) is 1.93. The Labute approximate surface area is 129 Å². The molecule has 0 unspecified atom stereocenters. The highest BCUT2D eigenvalue weighted by atomic mass is 16.2. The van der Waals surface area contributed by atoms with Gasteiger partial charge in [0.25, 0.3) is 5.91 Å². The van der Waals surface area contributed by atoms with Gasteiger partial charge in [-0.25, -0.2) is 5.43 Å². The second kappa shape index (κ2) is 7.09. The van der Waals surface area contributed by atoms with Gasteiger partial charge in [0.05, 0.1) is 18.0 Å². The molecule has 1 aromatic carbocycles. The predicted molar refractivity (Wildman–Crippen MR) is 86.1 cm³/mol. The number of nitrogens with one attached hydrogen (secondary N) is 1. The minimum absolute atomic E-state index is 0.204. The van der Waals surface area contributed by atoms with Gasteiger partial charge in [-0.2, -0.15) is 10.4 Å². The molecular weight excluding hydrogens is 278 g/mol. The zero-order chi connectivity index (χ0) is 15.9. The highest BCUT2D eigenvalue weighted by Gasteiger charge is 2.03. The van der Waals surface area contributed by atoms with Crippen molar-refractivity contribution in [3.63, 3.8) is 0 Å². The third kappa shape index (κ3) is 3.73. The normalized spacial score (nSPS) is 10.4. The van der Waals surface area contributed by atoms with Gasteiger partial charge in [0, 0.05) is 31.7 Å². The minimum Gasteiger partial charge on any atom is -0.378 e. The molecule has 112 valence electrons. The molecule has 2 aromatic rings. The maximum Gasteiger partial charge on any atom is 0.254 e. The number of aromatic nitrogens is 1. The van der Waals surface area contributed by atoms with Crippen molar-refractivity contribution in [2.75, 3.05) is 19.0 Å². The third-order valence-corrected chi connectivity index (χ3v) is 3.05. The van der Waals surface area contributed by atoms with Crippen LogP contribution in [0.3, 0.4) is 0 Å². The van der Waals surface area contributed by atoms with Crippen LogP contribution in [0.1, 0.15) is 12.1 Å². The summed E-state index contributed by atoms with van der Waals surface area (Å²) in [6.45, 7) is 0. The molecule has 0 bridgehead atoms. The molecule has 0 aliphatic carbocycles. The predicted octanol–water partition coefficient (Wildman–Crippen LogP) is 1.91. The third-order valence-electron chi connectivity index (χ3n) is 3.05. The van der Waals surface area contributed by atoms with Gasteiger partial charge < -0.3 is 9.47 Å². The quantitative estimate of drug-likeness (QED) is 0.676. The molecule has 1 amide bonds. The number of rotatable bonds is 5. The summed E-state index contributed by atoms with van der Waals surface area (Å²) in [5.41, 5.74) is 5.26. The van der Waals surface area contributed by atoms with E-state index in [4.69, 9.17) is 5.26 Å². The summed E-state index contributed by atoms with van der Waals surface area (Å²) >= 11 is 0. The average molecular weight is 295 g/mol. The summed E-state index contributed by atoms with van der Waals surface area (Å²) in [6, 6.07) is 13.7. The number of carbonyl (C=O) groups is 1. The van der Waals surface area contributed by atoms with Gasteiger partial charge in [-0.3, -0.25) is 4.79 Å². The summed E-state index contributed by atoms with van der Waals surface area (Å²) in [4.78, 5) is 13.2. The molecule has 0 atom stereocenters. The van der Waals surface area contributed by atoms with E-state index in [0.29, 0.717) is 0 Å². The zero-order valence-corrected chi connectivity index (χ0v) is 12.5. The highest BCUT2D eigenvalue weighted by Crippen LogP contribution is 2.17. The van der Waals surface area contributed by atoms with Crippen molar-refractivity contribution in [2.45, 2.75) is 6.42 Å². The summed E-state index contributed by atoms with van der Waals surface area (Å²) in [5, 5.41) is 12.3. The summed E-state index contributed by atoms with van der Waals surface area (Å²) in [5.74, 6) is -0.424. The van der Waals surface area contributed by atoms with Crippen LogP contribution in [-0.2, 0) is 4.79 Å². The van der Waals surface area contributed by atoms with Crippen LogP contribution in [0.5, 0.6) is 0 Å². The monoisotopic (exact) mass is 295 g/mol. The van der Waals surface area contributed by atoms with Crippen LogP contribution >= 0.6 is 0 Å². The lowest BCUT2D eigenvalue weighted by atomic mass is 10.2. The second-order valence-electron chi connectivity index (χ2n) is 4.84. The van der Waals surface area contributed by atoms with Gasteiger partial charge in [0.2, 0.25) is 0 Å². The van der Waals surface area contributed by atoms with Crippen molar-refractivity contribution in [3.05, 3.63) is 48.3 Å². The number of benzene rings is 1. The fraction of sp³-hybridized carbons (Fsp3) is 0.188. The van der Waals surface area contributed by atoms with Crippen molar-refractivity contribution >= 4 is 17.8 Å². The molecule has 6 heteroatoms. The number of nitriles is 1. The number of anilines is 1. The molecule has 0 saturated carbocycles. The van der Waals surface area contributed by atoms with Crippen LogP contribution in [0.2, 0.25) is 0 Å². The van der Waals surface area contributed by atoms with E-state index in [2.05, 4.69) is 10.5 Å². The molecule has 0 aliphatic rings. The summed E-state index contributed by atoms with van der Waals surface area (Å²) in [6.07, 6.45) is 3.27. The molecule has 0 aliphatic heterocycles. The zero-order valence-electron chi connectivity index (χ0n) is 12.5. The number of carbonyl (C=O) groups excluding carboxylic acids is 1. The number of hydrazone groups is 1. The van der Waals surface area contributed by atoms with Gasteiger partial charge in [0.1, 0.15) is 6.42 Å². The Balaban J connectivity index is 2.14. The van der Waals surface area contributed by atoms with Crippen LogP contribution in [-0.4, -0.2) is 30.8 Å². The van der Waals surface area contributed by atoms with E-state index in [1.165, 1.54) is 0 Å². The number of hydrogen-bond acceptors (Lipinski definition) is 4. The number of amides is 1. The molecule has 0 saturated heterocycles. The van der Waals surface area contributed by atoms with Crippen molar-refractivity contribution < 1.29 is 4.79 Å². The van der Waals surface area contributed by atoms with Gasteiger partial charge in [-0.1, -0.05) is 0 Å². The Morgan fingerprint density at radius 2 is 2.09 bits per heavy atom. The van der Waals surface area contributed by atoms with Crippen molar-refractivity contribution in [1.29, 1.82) is 5.26 Å². The topological polar surface area (TPSA) is 73.4 Å². The van der Waals surface area contributed by atoms with E-state index in [1.807, 2.05) is 66.2 Å². The van der Waals surface area contributed by atoms with Gasteiger partial charge >= 0.3 is 0 Å². The van der Waals surface area contributed by atoms with E-state index in [1.54, 1.807) is 12.3 Å². The van der Waals surface area contributed by atoms with Crippen molar-refractivity contribution in [2.24, 2.45) is 5.10 Å². The second-order valence-corrected chi connectivity index (χ2v) is 4.84. The standard InChI is InChI=1S/C16H17N5O/c1-20(2)13-5-7-14(8-6-13)21-11-3-4-15(21)12-18-19-16(22)9-10-17/h3-8,11-12H,9H2,1-2H3,(H,19,22)/b18-12+. The molecule has 6 nitrogen and oxygen atoms in total. The van der Waals surface area contributed by atoms with Crippen LogP contribution in [0, 0.1) is 11.3 Å². The lowest BCUT2D eigenvalue weighted by Gasteiger charge is -2.13. The largest absolute Gasteiger partial charge is 0.378 e. The van der Waals surface area contributed by atoms with E-state index in [0.717, 1.165) is 17.1 Å². The van der Waals surface area contributed by atoms with Crippen molar-refractivity contribution in [1.82, 2.24) is 9.99 Å². The first-order valence-corrected chi connectivity index (χ1v) is 6.76. The van der Waals surface area contributed by atoms with Gasteiger partial charge in [-0.05, 0) is 36.4 Å². The van der Waals surface area contributed by atoms with Crippen LogP contribution in [0.4, 0.5) is 5.69 Å². The van der Waals surface area contributed by atoms with Crippen molar-refractivity contribution in [3.8, 4) is 11.8 Å². The lowest BCUT2D eigenvalue weighted by Crippen LogP contribution is -2.16. The SMILES string of the molecule is CN(C)c1ccc(-n2cccc2/C=N/NC(=O)CC#N)cc1. The Morgan fingerprint density at radius 3 is 2.73 bits per heavy atom. The average Bonchev–Trinajstić information content (AvgIpc) is 2.96. The first-order valence-electron chi connectivity index (χ1n) is 6.76. The van der Waals surface area contributed by atoms with Crippen LogP contribution < -0.4 is 10.3 Å². The van der Waals surface area contributed by atoms with E-state index in [9.17, 15) is 4.79 Å². The molecular formula is C16H17N5O. The van der Waals surface area contributed by atoms with Crippen LogP contribution in [0.25, 0.3) is 5.69 Å². The van der Waals surface area contributed by atoms with Gasteiger partial charge in [0.15, 0.2) is 0 Å². The lowest BCUT2D eigenvalue weighted by molar-refractivity contribution is -0.120. The molecule has 0 fully saturated rings. The van der Waals surface area contributed by atoms with Gasteiger partial charge in [-0.15, -0.1) is 0 Å². The molecule has 0 radical (unpaired) electrons. The maximum atomic E-state index is 11.2. The molecule has 2 rings (SSSR count). The number of hydrogen-bond donors (Lipinski definition) is 1. The maximum absolute atomic E-state index is 11.2. The highest BCUT2D eigenvalue weighted by molar-refractivity contribution is 5.82. The molecule has 1 N–H and O–H groups in total. The van der Waals surface area contributed by atoms with E-state index < -0.39 is 5.91 Å². The summed E-state index contributed by atoms with van der Waals surface area (Å²) in [7, 11) is 3.99. The van der Waals surface area contributed by atoms with E-state index in [-0.39, 0.29) is 6.42 Å². The van der Waals surface area contributed by atoms with Crippen LogP contribution in [0.15, 0.2) is 47.7 Å². The number of nitrogens with zero attached hydrogens (tertiary/aromatic N) is 4. The Hall–Kier alpha value is -3.07. The Bertz CT molecular complexity index is 707. The molecule has 22 heavy (non-hydrogen) atoms. The van der Waals surface area contributed by atoms with E-state index >= 15 is 0 Å². The Morgan fingerprint density at radius 1 is 1.36 bits per heavy atom. The molecule has 0 spiro atoms. The minimum atomic E-state index is -0.424.